The Hall–Kier alpha value is -3.12. The molecule has 32 heavy (non-hydrogen) atoms. The first-order chi connectivity index (χ1) is 15.5. The van der Waals surface area contributed by atoms with E-state index in [1.807, 2.05) is 43.3 Å². The number of ether oxygens (including phenoxy) is 2. The third-order valence-electron chi connectivity index (χ3n) is 6.50. The predicted octanol–water partition coefficient (Wildman–Crippen LogP) is 3.92. The average Bonchev–Trinajstić information content (AvgIpc) is 3.41. The second-order valence-electron chi connectivity index (χ2n) is 8.78. The zero-order valence-electron chi connectivity index (χ0n) is 18.2. The summed E-state index contributed by atoms with van der Waals surface area (Å²) in [6, 6.07) is 12.5. The van der Waals surface area contributed by atoms with Crippen molar-refractivity contribution in [3.8, 4) is 5.75 Å². The highest BCUT2D eigenvalue weighted by Crippen LogP contribution is 2.41. The number of carbonyl (C=O) groups excluding carboxylic acids is 2. The zero-order valence-corrected chi connectivity index (χ0v) is 18.2. The summed E-state index contributed by atoms with van der Waals surface area (Å²) in [5.74, 6) is -0.573. The van der Waals surface area contributed by atoms with Gasteiger partial charge < -0.3 is 19.5 Å². The molecule has 2 atom stereocenters. The van der Waals surface area contributed by atoms with Crippen LogP contribution in [-0.4, -0.2) is 47.6 Å². The second kappa shape index (κ2) is 8.43. The molecule has 0 bridgehead atoms. The number of nitrogens with zero attached hydrogens (tertiary/aromatic N) is 1. The lowest BCUT2D eigenvalue weighted by molar-refractivity contribution is -0.140. The molecule has 2 saturated heterocycles. The van der Waals surface area contributed by atoms with Crippen LogP contribution in [0.25, 0.3) is 5.76 Å². The molecule has 166 valence electrons. The number of aryl methyl sites for hydroxylation is 2. The average molecular weight is 434 g/mol. The van der Waals surface area contributed by atoms with Gasteiger partial charge in [-0.15, -0.1) is 0 Å². The number of aliphatic hydroxyl groups is 1. The lowest BCUT2D eigenvalue weighted by Gasteiger charge is -2.27. The monoisotopic (exact) mass is 433 g/mol. The van der Waals surface area contributed by atoms with Crippen molar-refractivity contribution in [3.05, 3.63) is 70.3 Å². The Balaban J connectivity index is 1.61. The summed E-state index contributed by atoms with van der Waals surface area (Å²) in [5.41, 5.74) is 3.50. The minimum Gasteiger partial charge on any atom is -0.507 e. The first-order valence-electron chi connectivity index (χ1n) is 11.3. The Kier molecular flexibility index (Phi) is 5.47. The first kappa shape index (κ1) is 20.8. The maximum absolute atomic E-state index is 13.2. The number of fused-ring (bicyclic) bond motifs is 1. The number of carbonyl (C=O) groups is 2. The minimum absolute atomic E-state index is 0.0959. The van der Waals surface area contributed by atoms with E-state index in [0.717, 1.165) is 48.1 Å². The summed E-state index contributed by atoms with van der Waals surface area (Å²) in [6.07, 6.45) is 3.47. The van der Waals surface area contributed by atoms with Crippen molar-refractivity contribution in [3.63, 3.8) is 0 Å². The number of likely N-dealkylation sites (tertiary alicyclic amines) is 1. The van der Waals surface area contributed by atoms with Crippen molar-refractivity contribution in [2.75, 3.05) is 19.8 Å². The zero-order chi connectivity index (χ0) is 22.2. The van der Waals surface area contributed by atoms with Gasteiger partial charge in [0, 0.05) is 18.7 Å². The van der Waals surface area contributed by atoms with Crippen molar-refractivity contribution in [2.24, 2.45) is 0 Å². The van der Waals surface area contributed by atoms with E-state index < -0.39 is 17.7 Å². The van der Waals surface area contributed by atoms with E-state index in [-0.39, 0.29) is 17.4 Å². The molecule has 3 heterocycles. The van der Waals surface area contributed by atoms with Crippen LogP contribution in [0.5, 0.6) is 5.75 Å². The van der Waals surface area contributed by atoms with Crippen LogP contribution < -0.4 is 4.74 Å². The Morgan fingerprint density at radius 1 is 1.12 bits per heavy atom. The highest BCUT2D eigenvalue weighted by molar-refractivity contribution is 6.46. The quantitative estimate of drug-likeness (QED) is 0.449. The van der Waals surface area contributed by atoms with E-state index in [0.29, 0.717) is 25.3 Å². The molecule has 3 aliphatic rings. The summed E-state index contributed by atoms with van der Waals surface area (Å²) in [4.78, 5) is 27.9. The van der Waals surface area contributed by atoms with Crippen molar-refractivity contribution >= 4 is 17.4 Å². The van der Waals surface area contributed by atoms with Crippen LogP contribution in [-0.2, 0) is 20.7 Å². The molecular weight excluding hydrogens is 406 g/mol. The lowest BCUT2D eigenvalue weighted by Crippen LogP contribution is -2.36. The van der Waals surface area contributed by atoms with Gasteiger partial charge in [-0.3, -0.25) is 9.59 Å². The fraction of sp³-hybridized carbons (Fsp3) is 0.385. The van der Waals surface area contributed by atoms with Crippen LogP contribution in [0.15, 0.2) is 48.0 Å². The Morgan fingerprint density at radius 3 is 2.78 bits per heavy atom. The first-order valence-corrected chi connectivity index (χ1v) is 11.3. The highest BCUT2D eigenvalue weighted by atomic mass is 16.5. The van der Waals surface area contributed by atoms with Gasteiger partial charge in [-0.25, -0.2) is 0 Å². The van der Waals surface area contributed by atoms with Crippen LogP contribution in [0.4, 0.5) is 0 Å². The van der Waals surface area contributed by atoms with Gasteiger partial charge in [-0.05, 0) is 61.9 Å². The molecule has 1 amide bonds. The molecular formula is C26H27NO5. The summed E-state index contributed by atoms with van der Waals surface area (Å²) in [5, 5.41) is 11.3. The normalized spacial score (nSPS) is 24.5. The second-order valence-corrected chi connectivity index (χ2v) is 8.78. The molecule has 2 unspecified atom stereocenters. The van der Waals surface area contributed by atoms with Gasteiger partial charge in [0.15, 0.2) is 0 Å². The number of benzene rings is 2. The van der Waals surface area contributed by atoms with Gasteiger partial charge >= 0.3 is 0 Å². The van der Waals surface area contributed by atoms with Crippen LogP contribution in [0.2, 0.25) is 0 Å². The lowest BCUT2D eigenvalue weighted by atomic mass is 9.93. The molecule has 5 rings (SSSR count). The molecule has 6 nitrogen and oxygen atoms in total. The van der Waals surface area contributed by atoms with Crippen molar-refractivity contribution < 1.29 is 24.2 Å². The highest BCUT2D eigenvalue weighted by Gasteiger charge is 2.47. The molecule has 0 aliphatic carbocycles. The van der Waals surface area contributed by atoms with E-state index >= 15 is 0 Å². The van der Waals surface area contributed by atoms with E-state index in [9.17, 15) is 14.7 Å². The molecule has 0 saturated carbocycles. The number of ketones is 1. The number of aliphatic hydroxyl groups excluding tert-OH is 1. The fourth-order valence-electron chi connectivity index (χ4n) is 4.93. The SMILES string of the molecule is Cc1cccc(C2/C(=C(/O)c3ccc4c(c3)CCCO4)C(=O)C(=O)N2CC2CCCO2)c1. The van der Waals surface area contributed by atoms with E-state index in [2.05, 4.69) is 0 Å². The van der Waals surface area contributed by atoms with Crippen molar-refractivity contribution in [1.29, 1.82) is 0 Å². The van der Waals surface area contributed by atoms with Gasteiger partial charge in [0.25, 0.3) is 11.7 Å². The van der Waals surface area contributed by atoms with Crippen LogP contribution in [0.3, 0.4) is 0 Å². The maximum atomic E-state index is 13.2. The summed E-state index contributed by atoms with van der Waals surface area (Å²) in [6.45, 7) is 3.65. The summed E-state index contributed by atoms with van der Waals surface area (Å²) in [7, 11) is 0. The van der Waals surface area contributed by atoms with Gasteiger partial charge in [0.05, 0.1) is 24.3 Å². The smallest absolute Gasteiger partial charge is 0.295 e. The Labute approximate surface area is 187 Å². The molecule has 2 aromatic rings. The third-order valence-corrected chi connectivity index (χ3v) is 6.50. The van der Waals surface area contributed by atoms with Gasteiger partial charge in [0.2, 0.25) is 0 Å². The third kappa shape index (κ3) is 3.69. The van der Waals surface area contributed by atoms with Crippen molar-refractivity contribution in [2.45, 2.75) is 44.8 Å². The van der Waals surface area contributed by atoms with Gasteiger partial charge in [-0.2, -0.15) is 0 Å². The number of hydrogen-bond donors (Lipinski definition) is 1. The van der Waals surface area contributed by atoms with E-state index in [4.69, 9.17) is 9.47 Å². The molecule has 2 fully saturated rings. The number of Topliss-reactive ketones (excluding diaryl/α,β-unsaturated/α-hetero) is 1. The number of amides is 1. The molecule has 1 N–H and O–H groups in total. The molecule has 0 radical (unpaired) electrons. The minimum atomic E-state index is -0.652. The Morgan fingerprint density at radius 2 is 2.00 bits per heavy atom. The fourth-order valence-corrected chi connectivity index (χ4v) is 4.93. The standard InChI is InChI=1S/C26H27NO5/c1-16-5-2-6-18(13-16)23-22(25(29)26(30)27(23)15-20-8-4-11-31-20)24(28)19-9-10-21-17(14-19)7-3-12-32-21/h2,5-6,9-10,13-14,20,23,28H,3-4,7-8,11-12,15H2,1H3/b24-22-. The van der Waals surface area contributed by atoms with Crippen LogP contribution in [0, 0.1) is 6.92 Å². The number of rotatable bonds is 4. The number of hydrogen-bond acceptors (Lipinski definition) is 5. The molecule has 3 aliphatic heterocycles. The molecule has 0 aromatic heterocycles. The predicted molar refractivity (Wildman–Crippen MR) is 119 cm³/mol. The Bertz CT molecular complexity index is 1100. The molecule has 0 spiro atoms. The summed E-state index contributed by atoms with van der Waals surface area (Å²) < 4.78 is 11.4. The van der Waals surface area contributed by atoms with E-state index in [1.165, 1.54) is 0 Å². The largest absolute Gasteiger partial charge is 0.507 e. The molecule has 6 heteroatoms. The van der Waals surface area contributed by atoms with Crippen LogP contribution >= 0.6 is 0 Å². The van der Waals surface area contributed by atoms with E-state index in [1.54, 1.807) is 11.0 Å². The maximum Gasteiger partial charge on any atom is 0.295 e. The summed E-state index contributed by atoms with van der Waals surface area (Å²) >= 11 is 0. The van der Waals surface area contributed by atoms with Crippen molar-refractivity contribution in [1.82, 2.24) is 4.90 Å². The van der Waals surface area contributed by atoms with Gasteiger partial charge in [-0.1, -0.05) is 29.8 Å². The molecule has 2 aromatic carbocycles. The topological polar surface area (TPSA) is 76.1 Å². The van der Waals surface area contributed by atoms with Crippen LogP contribution in [0.1, 0.15) is 47.6 Å². The van der Waals surface area contributed by atoms with Gasteiger partial charge in [0.1, 0.15) is 11.5 Å².